The summed E-state index contributed by atoms with van der Waals surface area (Å²) < 4.78 is 5.73. The summed E-state index contributed by atoms with van der Waals surface area (Å²) in [5.74, 6) is 0. The molecule has 0 aliphatic carbocycles. The highest BCUT2D eigenvalue weighted by atomic mass is 16.5. The molecule has 0 spiro atoms. The standard InChI is InChI=1S/C10H17N3O2/c1-2-7-3-4-9(15-7)13-6-5-8(11)12-10(13)14/h5-9H,2-4,11H2,1H3,(H,12,14). The number of nitrogens with zero attached hydrogens (tertiary/aromatic N) is 1. The molecule has 2 heterocycles. The SMILES string of the molecule is CCC1CCC(N2C=CC(N)NC2=O)O1. The summed E-state index contributed by atoms with van der Waals surface area (Å²) in [6.07, 6.45) is 6.16. The van der Waals surface area contributed by atoms with Gasteiger partial charge in [-0.15, -0.1) is 0 Å². The molecule has 5 heteroatoms. The minimum absolute atomic E-state index is 0.126. The molecule has 3 unspecified atom stereocenters. The largest absolute Gasteiger partial charge is 0.355 e. The fourth-order valence-electron chi connectivity index (χ4n) is 1.94. The van der Waals surface area contributed by atoms with Crippen molar-refractivity contribution in [2.45, 2.75) is 44.7 Å². The van der Waals surface area contributed by atoms with E-state index in [9.17, 15) is 4.79 Å². The Bertz CT molecular complexity index is 280. The first-order valence-electron chi connectivity index (χ1n) is 5.39. The van der Waals surface area contributed by atoms with Crippen molar-refractivity contribution in [2.24, 2.45) is 5.73 Å². The number of hydrogen-bond donors (Lipinski definition) is 2. The predicted octanol–water partition coefficient (Wildman–Crippen LogP) is 0.725. The third-order valence-electron chi connectivity index (χ3n) is 2.83. The van der Waals surface area contributed by atoms with E-state index in [1.165, 1.54) is 0 Å². The number of nitrogens with one attached hydrogen (secondary N) is 1. The van der Waals surface area contributed by atoms with Gasteiger partial charge >= 0.3 is 6.03 Å². The second-order valence-corrected chi connectivity index (χ2v) is 3.92. The summed E-state index contributed by atoms with van der Waals surface area (Å²) in [6, 6.07) is -0.174. The number of amides is 2. The zero-order chi connectivity index (χ0) is 10.8. The van der Waals surface area contributed by atoms with E-state index in [1.807, 2.05) is 0 Å². The van der Waals surface area contributed by atoms with Crippen molar-refractivity contribution in [2.75, 3.05) is 0 Å². The molecule has 0 saturated carbocycles. The van der Waals surface area contributed by atoms with Crippen LogP contribution < -0.4 is 11.1 Å². The van der Waals surface area contributed by atoms with Gasteiger partial charge in [-0.05, 0) is 25.3 Å². The highest BCUT2D eigenvalue weighted by Gasteiger charge is 2.32. The first kappa shape index (κ1) is 10.4. The van der Waals surface area contributed by atoms with Crippen LogP contribution in [0.5, 0.6) is 0 Å². The molecule has 5 nitrogen and oxygen atoms in total. The zero-order valence-electron chi connectivity index (χ0n) is 8.85. The topological polar surface area (TPSA) is 67.6 Å². The lowest BCUT2D eigenvalue weighted by Gasteiger charge is -2.30. The first-order chi connectivity index (χ1) is 7.20. The fraction of sp³-hybridized carbons (Fsp3) is 0.700. The zero-order valence-corrected chi connectivity index (χ0v) is 8.85. The molecule has 2 aliphatic heterocycles. The lowest BCUT2D eigenvalue weighted by atomic mass is 10.2. The van der Waals surface area contributed by atoms with Crippen molar-refractivity contribution < 1.29 is 9.53 Å². The summed E-state index contributed by atoms with van der Waals surface area (Å²) >= 11 is 0. The third-order valence-corrected chi connectivity index (χ3v) is 2.83. The van der Waals surface area contributed by atoms with Crippen molar-refractivity contribution in [1.82, 2.24) is 10.2 Å². The average molecular weight is 211 g/mol. The van der Waals surface area contributed by atoms with Gasteiger partial charge in [-0.1, -0.05) is 6.92 Å². The molecule has 0 aromatic rings. The maximum absolute atomic E-state index is 11.6. The van der Waals surface area contributed by atoms with E-state index in [-0.39, 0.29) is 24.5 Å². The van der Waals surface area contributed by atoms with Crippen molar-refractivity contribution >= 4 is 6.03 Å². The number of urea groups is 1. The molecule has 1 fully saturated rings. The smallest absolute Gasteiger partial charge is 0.325 e. The number of carbonyl (C=O) groups is 1. The highest BCUT2D eigenvalue weighted by molar-refractivity contribution is 5.77. The molecule has 3 N–H and O–H groups in total. The number of carbonyl (C=O) groups excluding carboxylic acids is 1. The first-order valence-corrected chi connectivity index (χ1v) is 5.39. The molecule has 0 radical (unpaired) electrons. The molecule has 0 aromatic heterocycles. The van der Waals surface area contributed by atoms with Crippen molar-refractivity contribution in [1.29, 1.82) is 0 Å². The normalized spacial score (nSPS) is 35.7. The molecule has 15 heavy (non-hydrogen) atoms. The van der Waals surface area contributed by atoms with E-state index in [4.69, 9.17) is 10.5 Å². The Morgan fingerprint density at radius 2 is 2.47 bits per heavy atom. The van der Waals surface area contributed by atoms with Crippen LogP contribution in [0.15, 0.2) is 12.3 Å². The predicted molar refractivity (Wildman–Crippen MR) is 55.7 cm³/mol. The van der Waals surface area contributed by atoms with Crippen molar-refractivity contribution in [3.8, 4) is 0 Å². The van der Waals surface area contributed by atoms with Gasteiger partial charge in [0.2, 0.25) is 0 Å². The lowest BCUT2D eigenvalue weighted by Crippen LogP contribution is -2.52. The van der Waals surface area contributed by atoms with E-state index in [1.54, 1.807) is 17.2 Å². The van der Waals surface area contributed by atoms with Gasteiger partial charge in [-0.25, -0.2) is 4.79 Å². The van der Waals surface area contributed by atoms with Crippen LogP contribution in [0.1, 0.15) is 26.2 Å². The Balaban J connectivity index is 1.99. The molecule has 2 rings (SSSR count). The number of rotatable bonds is 2. The minimum atomic E-state index is -0.378. The monoisotopic (exact) mass is 211 g/mol. The molecule has 2 aliphatic rings. The maximum Gasteiger partial charge on any atom is 0.325 e. The quantitative estimate of drug-likeness (QED) is 0.707. The Kier molecular flexibility index (Phi) is 2.93. The van der Waals surface area contributed by atoms with Gasteiger partial charge in [-0.3, -0.25) is 4.90 Å². The summed E-state index contributed by atoms with van der Waals surface area (Å²) in [7, 11) is 0. The van der Waals surface area contributed by atoms with Gasteiger partial charge in [0.1, 0.15) is 6.23 Å². The number of hydrogen-bond acceptors (Lipinski definition) is 3. The van der Waals surface area contributed by atoms with E-state index >= 15 is 0 Å². The molecule has 2 amide bonds. The maximum atomic E-state index is 11.6. The summed E-state index contributed by atoms with van der Waals surface area (Å²) in [6.45, 7) is 2.09. The second-order valence-electron chi connectivity index (χ2n) is 3.92. The van der Waals surface area contributed by atoms with Crippen LogP contribution in [0.2, 0.25) is 0 Å². The average Bonchev–Trinajstić information content (AvgIpc) is 2.66. The Morgan fingerprint density at radius 1 is 1.67 bits per heavy atom. The van der Waals surface area contributed by atoms with Crippen LogP contribution in [0, 0.1) is 0 Å². The second kappa shape index (κ2) is 4.20. The van der Waals surface area contributed by atoms with Gasteiger partial charge in [0, 0.05) is 6.20 Å². The van der Waals surface area contributed by atoms with Gasteiger partial charge in [0.25, 0.3) is 0 Å². The molecule has 0 bridgehead atoms. The van der Waals surface area contributed by atoms with Crippen LogP contribution in [-0.4, -0.2) is 29.4 Å². The number of nitrogens with two attached hydrogens (primary N) is 1. The van der Waals surface area contributed by atoms with E-state index < -0.39 is 0 Å². The molecule has 1 saturated heterocycles. The molecule has 84 valence electrons. The summed E-state index contributed by atoms with van der Waals surface area (Å²) in [4.78, 5) is 13.2. The van der Waals surface area contributed by atoms with E-state index in [0.29, 0.717) is 0 Å². The van der Waals surface area contributed by atoms with Crippen LogP contribution >= 0.6 is 0 Å². The van der Waals surface area contributed by atoms with Crippen molar-refractivity contribution in [3.63, 3.8) is 0 Å². The van der Waals surface area contributed by atoms with Gasteiger partial charge in [0.05, 0.1) is 12.3 Å². The minimum Gasteiger partial charge on any atom is -0.355 e. The highest BCUT2D eigenvalue weighted by Crippen LogP contribution is 2.25. The fourth-order valence-corrected chi connectivity index (χ4v) is 1.94. The summed E-state index contributed by atoms with van der Waals surface area (Å²) in [5, 5.41) is 2.64. The molecule has 3 atom stereocenters. The van der Waals surface area contributed by atoms with Crippen LogP contribution in [0.25, 0.3) is 0 Å². The lowest BCUT2D eigenvalue weighted by molar-refractivity contribution is -0.0189. The Morgan fingerprint density at radius 3 is 3.07 bits per heavy atom. The summed E-state index contributed by atoms with van der Waals surface area (Å²) in [5.41, 5.74) is 5.55. The van der Waals surface area contributed by atoms with Crippen LogP contribution in [0.3, 0.4) is 0 Å². The van der Waals surface area contributed by atoms with Crippen molar-refractivity contribution in [3.05, 3.63) is 12.3 Å². The molecular formula is C10H17N3O2. The van der Waals surface area contributed by atoms with Gasteiger partial charge < -0.3 is 15.8 Å². The van der Waals surface area contributed by atoms with Crippen LogP contribution in [0.4, 0.5) is 4.79 Å². The molecule has 0 aromatic carbocycles. The Hall–Kier alpha value is -1.07. The van der Waals surface area contributed by atoms with Gasteiger partial charge in [0.15, 0.2) is 0 Å². The Labute approximate surface area is 89.2 Å². The van der Waals surface area contributed by atoms with Crippen LogP contribution in [-0.2, 0) is 4.74 Å². The van der Waals surface area contributed by atoms with E-state index in [2.05, 4.69) is 12.2 Å². The number of ether oxygens (including phenoxy) is 1. The molecular weight excluding hydrogens is 194 g/mol. The van der Waals surface area contributed by atoms with E-state index in [0.717, 1.165) is 19.3 Å². The third kappa shape index (κ3) is 2.13. The van der Waals surface area contributed by atoms with Gasteiger partial charge in [-0.2, -0.15) is 0 Å².